The number of methoxy groups -OCH3 is 1. The zero-order chi connectivity index (χ0) is 22.7. The van der Waals surface area contributed by atoms with Crippen molar-refractivity contribution in [3.63, 3.8) is 0 Å². The highest BCUT2D eigenvalue weighted by Crippen LogP contribution is 2.35. The van der Waals surface area contributed by atoms with Crippen molar-refractivity contribution in [3.8, 4) is 5.75 Å². The molecule has 1 heterocycles. The minimum absolute atomic E-state index is 0.0898. The van der Waals surface area contributed by atoms with Gasteiger partial charge in [0.15, 0.2) is 5.75 Å². The summed E-state index contributed by atoms with van der Waals surface area (Å²) < 4.78 is 5.09. The Labute approximate surface area is 186 Å². The fourth-order valence-corrected chi connectivity index (χ4v) is 4.49. The summed E-state index contributed by atoms with van der Waals surface area (Å²) in [6, 6.07) is 2.51. The highest BCUT2D eigenvalue weighted by atomic mass is 35.5. The zero-order valence-corrected chi connectivity index (χ0v) is 18.5. The number of hydrogen-bond donors (Lipinski definition) is 1. The van der Waals surface area contributed by atoms with Crippen LogP contribution in [0.2, 0.25) is 5.02 Å². The van der Waals surface area contributed by atoms with Crippen LogP contribution in [0, 0.1) is 22.0 Å². The number of piperidine rings is 1. The van der Waals surface area contributed by atoms with Crippen molar-refractivity contribution in [3.05, 3.63) is 32.8 Å². The molecule has 1 aliphatic heterocycles. The van der Waals surface area contributed by atoms with Gasteiger partial charge < -0.3 is 19.6 Å². The van der Waals surface area contributed by atoms with Crippen LogP contribution >= 0.6 is 11.6 Å². The van der Waals surface area contributed by atoms with Gasteiger partial charge in [0.25, 0.3) is 0 Å². The lowest BCUT2D eigenvalue weighted by molar-refractivity contribution is -0.385. The molecular formula is C21H28ClN3O6. The number of rotatable bonds is 8. The Kier molecular flexibility index (Phi) is 7.25. The van der Waals surface area contributed by atoms with E-state index < -0.39 is 11.0 Å². The second kappa shape index (κ2) is 9.72. The molecule has 10 heteroatoms. The highest BCUT2D eigenvalue weighted by Gasteiger charge is 2.37. The molecule has 0 radical (unpaired) electrons. The standard InChI is InChI=1S/C21H28ClN3O6/c1-13(14-5-8-23(9-6-14)20(26)15-3-4-15)24(21(27)28)10-7-16-11-19(31-2)18(25(29)30)12-17(16)22/h11-15H,3-10H2,1-2H3,(H,27,28). The molecule has 2 fully saturated rings. The Morgan fingerprint density at radius 1 is 1.32 bits per heavy atom. The summed E-state index contributed by atoms with van der Waals surface area (Å²) in [5.74, 6) is 0.698. The summed E-state index contributed by atoms with van der Waals surface area (Å²) >= 11 is 6.21. The topological polar surface area (TPSA) is 113 Å². The molecule has 2 aliphatic rings. The molecule has 31 heavy (non-hydrogen) atoms. The molecule has 1 N–H and O–H groups in total. The van der Waals surface area contributed by atoms with E-state index in [1.165, 1.54) is 24.1 Å². The first-order valence-corrected chi connectivity index (χ1v) is 10.9. The average Bonchev–Trinajstić information content (AvgIpc) is 3.59. The summed E-state index contributed by atoms with van der Waals surface area (Å²) in [5.41, 5.74) is 0.361. The molecule has 1 saturated carbocycles. The largest absolute Gasteiger partial charge is 0.490 e. The second-order valence-corrected chi connectivity index (χ2v) is 8.68. The number of carbonyl (C=O) groups excluding carboxylic acids is 1. The van der Waals surface area contributed by atoms with Crippen molar-refractivity contribution < 1.29 is 24.4 Å². The number of nitro groups is 1. The van der Waals surface area contributed by atoms with Gasteiger partial charge in [-0.15, -0.1) is 0 Å². The van der Waals surface area contributed by atoms with Gasteiger partial charge in [-0.05, 0) is 56.6 Å². The van der Waals surface area contributed by atoms with Gasteiger partial charge in [0.1, 0.15) is 0 Å². The molecule has 1 aromatic rings. The first-order valence-electron chi connectivity index (χ1n) is 10.5. The van der Waals surface area contributed by atoms with Crippen molar-refractivity contribution in [2.45, 2.75) is 45.1 Å². The van der Waals surface area contributed by atoms with Crippen LogP contribution in [0.1, 0.15) is 38.2 Å². The minimum Gasteiger partial charge on any atom is -0.490 e. The fourth-order valence-electron chi connectivity index (χ4n) is 4.24. The number of amides is 2. The lowest BCUT2D eigenvalue weighted by atomic mass is 9.89. The van der Waals surface area contributed by atoms with Gasteiger partial charge in [-0.1, -0.05) is 11.6 Å². The van der Waals surface area contributed by atoms with Gasteiger partial charge >= 0.3 is 11.8 Å². The number of benzene rings is 1. The monoisotopic (exact) mass is 453 g/mol. The molecule has 1 saturated heterocycles. The van der Waals surface area contributed by atoms with Gasteiger partial charge in [0, 0.05) is 37.7 Å². The summed E-state index contributed by atoms with van der Waals surface area (Å²) in [6.07, 6.45) is 2.80. The first kappa shape index (κ1) is 23.1. The van der Waals surface area contributed by atoms with Gasteiger partial charge in [-0.2, -0.15) is 0 Å². The lowest BCUT2D eigenvalue weighted by Gasteiger charge is -2.38. The number of carbonyl (C=O) groups is 2. The number of nitrogens with zero attached hydrogens (tertiary/aromatic N) is 3. The molecule has 170 valence electrons. The third kappa shape index (κ3) is 5.39. The van der Waals surface area contributed by atoms with E-state index in [2.05, 4.69) is 0 Å². The van der Waals surface area contributed by atoms with Gasteiger partial charge in [-0.3, -0.25) is 14.9 Å². The molecule has 0 spiro atoms. The molecule has 1 unspecified atom stereocenters. The number of hydrogen-bond acceptors (Lipinski definition) is 5. The smallest absolute Gasteiger partial charge is 0.407 e. The Balaban J connectivity index is 1.63. The van der Waals surface area contributed by atoms with Crippen molar-refractivity contribution in [1.82, 2.24) is 9.80 Å². The predicted molar refractivity (Wildman–Crippen MR) is 115 cm³/mol. The number of nitro benzene ring substituents is 1. The van der Waals surface area contributed by atoms with Crippen LogP contribution in [0.5, 0.6) is 5.75 Å². The SMILES string of the molecule is COc1cc(CCN(C(=O)O)C(C)C2CCN(C(=O)C3CC3)CC2)c(Cl)cc1[N+](=O)[O-]. The van der Waals surface area contributed by atoms with Crippen LogP contribution < -0.4 is 4.74 Å². The number of ether oxygens (including phenoxy) is 1. The maximum absolute atomic E-state index is 12.2. The van der Waals surface area contributed by atoms with Gasteiger partial charge in [0.05, 0.1) is 17.1 Å². The van der Waals surface area contributed by atoms with E-state index in [1.807, 2.05) is 11.8 Å². The summed E-state index contributed by atoms with van der Waals surface area (Å²) in [5, 5.41) is 21.1. The molecule has 1 aliphatic carbocycles. The van der Waals surface area contributed by atoms with E-state index in [0.29, 0.717) is 25.1 Å². The normalized spacial score (nSPS) is 17.8. The third-order valence-corrected chi connectivity index (χ3v) is 6.72. The Morgan fingerprint density at radius 2 is 1.97 bits per heavy atom. The maximum atomic E-state index is 12.2. The number of likely N-dealkylation sites (tertiary alicyclic amines) is 1. The van der Waals surface area contributed by atoms with E-state index in [4.69, 9.17) is 16.3 Å². The minimum atomic E-state index is -1.02. The Morgan fingerprint density at radius 3 is 2.48 bits per heavy atom. The van der Waals surface area contributed by atoms with Crippen molar-refractivity contribution in [2.75, 3.05) is 26.7 Å². The van der Waals surface area contributed by atoms with Crippen LogP contribution in [0.4, 0.5) is 10.5 Å². The molecule has 0 bridgehead atoms. The van der Waals surface area contributed by atoms with Crippen molar-refractivity contribution in [1.29, 1.82) is 0 Å². The zero-order valence-electron chi connectivity index (χ0n) is 17.8. The molecule has 1 atom stereocenters. The Hall–Kier alpha value is -2.55. The van der Waals surface area contributed by atoms with E-state index in [-0.39, 0.29) is 46.8 Å². The first-order chi connectivity index (χ1) is 14.7. The highest BCUT2D eigenvalue weighted by molar-refractivity contribution is 6.31. The summed E-state index contributed by atoms with van der Waals surface area (Å²) in [7, 11) is 1.34. The van der Waals surface area contributed by atoms with Gasteiger partial charge in [0.2, 0.25) is 5.91 Å². The van der Waals surface area contributed by atoms with Crippen LogP contribution in [-0.2, 0) is 11.2 Å². The maximum Gasteiger partial charge on any atom is 0.407 e. The summed E-state index contributed by atoms with van der Waals surface area (Å²) in [6.45, 7) is 3.44. The number of carboxylic acid groups (broad SMARTS) is 1. The van der Waals surface area contributed by atoms with E-state index in [0.717, 1.165) is 25.7 Å². The molecule has 1 aromatic carbocycles. The fraction of sp³-hybridized carbons (Fsp3) is 0.619. The van der Waals surface area contributed by atoms with Crippen molar-refractivity contribution in [2.24, 2.45) is 11.8 Å². The van der Waals surface area contributed by atoms with Gasteiger partial charge in [-0.25, -0.2) is 4.79 Å². The van der Waals surface area contributed by atoms with Crippen molar-refractivity contribution >= 4 is 29.3 Å². The number of halogens is 1. The Bertz CT molecular complexity index is 852. The quantitative estimate of drug-likeness (QED) is 0.473. The average molecular weight is 454 g/mol. The lowest BCUT2D eigenvalue weighted by Crippen LogP contribution is -2.48. The van der Waals surface area contributed by atoms with Crippen LogP contribution in [0.15, 0.2) is 12.1 Å². The molecule has 3 rings (SSSR count). The molecule has 2 amide bonds. The molecule has 0 aromatic heterocycles. The van der Waals surface area contributed by atoms with Crippen LogP contribution in [0.25, 0.3) is 0 Å². The third-order valence-electron chi connectivity index (χ3n) is 6.36. The molecule has 9 nitrogen and oxygen atoms in total. The second-order valence-electron chi connectivity index (χ2n) is 8.28. The van der Waals surface area contributed by atoms with Crippen LogP contribution in [-0.4, -0.2) is 64.6 Å². The van der Waals surface area contributed by atoms with E-state index in [1.54, 1.807) is 0 Å². The summed E-state index contributed by atoms with van der Waals surface area (Å²) in [4.78, 5) is 38.1. The predicted octanol–water partition coefficient (Wildman–Crippen LogP) is 3.82. The molecular weight excluding hydrogens is 426 g/mol. The van der Waals surface area contributed by atoms with E-state index in [9.17, 15) is 24.8 Å². The van der Waals surface area contributed by atoms with Crippen LogP contribution in [0.3, 0.4) is 0 Å². The van der Waals surface area contributed by atoms with E-state index >= 15 is 0 Å².